The molecule has 6 rings (SSSR count). The second kappa shape index (κ2) is 8.68. The van der Waals surface area contributed by atoms with E-state index in [0.29, 0.717) is 12.5 Å². The lowest BCUT2D eigenvalue weighted by atomic mass is 9.85. The van der Waals surface area contributed by atoms with Gasteiger partial charge in [-0.2, -0.15) is 0 Å². The van der Waals surface area contributed by atoms with Crippen molar-refractivity contribution in [2.45, 2.75) is 59.1 Å². The highest BCUT2D eigenvalue weighted by atomic mass is 16.6. The summed E-state index contributed by atoms with van der Waals surface area (Å²) >= 11 is 0. The number of piperidine rings is 3. The third-order valence-corrected chi connectivity index (χ3v) is 7.82. The fourth-order valence-electron chi connectivity index (χ4n) is 6.05. The summed E-state index contributed by atoms with van der Waals surface area (Å²) < 4.78 is 11.6. The van der Waals surface area contributed by atoms with Crippen LogP contribution < -0.4 is 10.1 Å². The summed E-state index contributed by atoms with van der Waals surface area (Å²) in [6.07, 6.45) is 2.97. The number of carbonyl (C=O) groups excluding carboxylic acids is 1. The number of nitrogens with zero attached hydrogens (tertiary/aromatic N) is 1. The van der Waals surface area contributed by atoms with Crippen LogP contribution in [0.25, 0.3) is 11.1 Å². The van der Waals surface area contributed by atoms with Crippen LogP contribution in [-0.2, 0) is 11.2 Å². The van der Waals surface area contributed by atoms with Crippen molar-refractivity contribution in [3.8, 4) is 16.9 Å². The maximum absolute atomic E-state index is 12.9. The average molecular weight is 449 g/mol. The molecule has 0 saturated carbocycles. The molecule has 3 fully saturated rings. The van der Waals surface area contributed by atoms with Crippen molar-refractivity contribution < 1.29 is 14.3 Å². The van der Waals surface area contributed by atoms with E-state index in [0.717, 1.165) is 44.6 Å². The molecule has 1 N–H and O–H groups in total. The molecule has 2 bridgehead atoms. The smallest absolute Gasteiger partial charge is 0.407 e. The lowest BCUT2D eigenvalue weighted by Gasteiger charge is -2.44. The molecule has 2 aromatic carbocycles. The maximum Gasteiger partial charge on any atom is 0.407 e. The lowest BCUT2D eigenvalue weighted by Crippen LogP contribution is -2.53. The van der Waals surface area contributed by atoms with Crippen molar-refractivity contribution in [3.05, 3.63) is 53.1 Å². The zero-order valence-corrected chi connectivity index (χ0v) is 20.3. The van der Waals surface area contributed by atoms with Crippen molar-refractivity contribution in [2.24, 2.45) is 11.3 Å². The molecule has 3 heterocycles. The number of benzene rings is 2. The summed E-state index contributed by atoms with van der Waals surface area (Å²) in [6.45, 7) is 12.4. The van der Waals surface area contributed by atoms with E-state index in [1.165, 1.54) is 27.8 Å². The summed E-state index contributed by atoms with van der Waals surface area (Å²) in [7, 11) is 0. The first kappa shape index (κ1) is 22.3. The molecule has 5 nitrogen and oxygen atoms in total. The fraction of sp³-hybridized carbons (Fsp3) is 0.536. The van der Waals surface area contributed by atoms with Crippen molar-refractivity contribution in [2.75, 3.05) is 26.2 Å². The molecule has 3 aliphatic heterocycles. The summed E-state index contributed by atoms with van der Waals surface area (Å²) in [5.41, 5.74) is 6.08. The Morgan fingerprint density at radius 3 is 2.61 bits per heavy atom. The first-order valence-electron chi connectivity index (χ1n) is 12.4. The molecule has 5 heteroatoms. The summed E-state index contributed by atoms with van der Waals surface area (Å²) in [4.78, 5) is 15.3. The minimum Gasteiger partial charge on any atom is -0.494 e. The number of amides is 1. The highest BCUT2D eigenvalue weighted by Crippen LogP contribution is 2.46. The highest BCUT2D eigenvalue weighted by molar-refractivity contribution is 5.72. The Labute approximate surface area is 197 Å². The van der Waals surface area contributed by atoms with Crippen LogP contribution in [0.15, 0.2) is 36.4 Å². The van der Waals surface area contributed by atoms with E-state index >= 15 is 0 Å². The Morgan fingerprint density at radius 1 is 1.15 bits per heavy atom. The van der Waals surface area contributed by atoms with Crippen LogP contribution >= 0.6 is 0 Å². The maximum atomic E-state index is 12.9. The largest absolute Gasteiger partial charge is 0.494 e. The SMILES string of the molecule is CCOc1ccc(-c2ccc3c(c2)CC(C)(C)C3NC(=O)O[C@H]2CN3CCC2CC3)c(C)c1. The van der Waals surface area contributed by atoms with E-state index in [-0.39, 0.29) is 23.7 Å². The molecule has 1 unspecified atom stereocenters. The Bertz CT molecular complexity index is 1040. The van der Waals surface area contributed by atoms with Crippen LogP contribution in [0.5, 0.6) is 5.75 Å². The quantitative estimate of drug-likeness (QED) is 0.656. The van der Waals surface area contributed by atoms with Gasteiger partial charge in [0.2, 0.25) is 0 Å². The monoisotopic (exact) mass is 448 g/mol. The number of fused-ring (bicyclic) bond motifs is 4. The molecule has 176 valence electrons. The van der Waals surface area contributed by atoms with Gasteiger partial charge in [-0.05, 0) is 97.5 Å². The highest BCUT2D eigenvalue weighted by Gasteiger charge is 2.42. The molecule has 2 atom stereocenters. The van der Waals surface area contributed by atoms with Crippen LogP contribution in [0.2, 0.25) is 0 Å². The number of carbonyl (C=O) groups is 1. The Hall–Kier alpha value is -2.53. The van der Waals surface area contributed by atoms with Crippen molar-refractivity contribution in [3.63, 3.8) is 0 Å². The molecule has 4 aliphatic rings. The van der Waals surface area contributed by atoms with Gasteiger partial charge in [-0.1, -0.05) is 38.1 Å². The van der Waals surface area contributed by atoms with Crippen LogP contribution in [0, 0.1) is 18.3 Å². The van der Waals surface area contributed by atoms with E-state index in [4.69, 9.17) is 9.47 Å². The van der Waals surface area contributed by atoms with Crippen LogP contribution in [-0.4, -0.2) is 43.3 Å². The average Bonchev–Trinajstić information content (AvgIpc) is 3.03. The summed E-state index contributed by atoms with van der Waals surface area (Å²) in [5, 5.41) is 3.23. The van der Waals surface area contributed by atoms with Gasteiger partial charge in [0.05, 0.1) is 12.6 Å². The van der Waals surface area contributed by atoms with Gasteiger partial charge in [0, 0.05) is 6.54 Å². The number of hydrogen-bond acceptors (Lipinski definition) is 4. The second-order valence-electron chi connectivity index (χ2n) is 10.6. The molecule has 1 amide bonds. The van der Waals surface area contributed by atoms with E-state index in [1.807, 2.05) is 13.0 Å². The third-order valence-electron chi connectivity index (χ3n) is 7.82. The first-order chi connectivity index (χ1) is 15.8. The number of alkyl carbamates (subject to hydrolysis) is 1. The summed E-state index contributed by atoms with van der Waals surface area (Å²) in [5.74, 6) is 1.43. The Morgan fingerprint density at radius 2 is 1.94 bits per heavy atom. The Balaban J connectivity index is 1.33. The zero-order valence-electron chi connectivity index (χ0n) is 20.3. The second-order valence-corrected chi connectivity index (χ2v) is 10.6. The van der Waals surface area contributed by atoms with Gasteiger partial charge in [-0.15, -0.1) is 0 Å². The number of nitrogens with one attached hydrogen (secondary N) is 1. The van der Waals surface area contributed by atoms with Crippen LogP contribution in [0.4, 0.5) is 4.79 Å². The minimum atomic E-state index is -0.272. The van der Waals surface area contributed by atoms with Gasteiger partial charge in [0.15, 0.2) is 0 Å². The molecule has 0 spiro atoms. The predicted octanol–water partition coefficient (Wildman–Crippen LogP) is 5.50. The molecule has 33 heavy (non-hydrogen) atoms. The van der Waals surface area contributed by atoms with Crippen molar-refractivity contribution >= 4 is 6.09 Å². The zero-order chi connectivity index (χ0) is 23.2. The van der Waals surface area contributed by atoms with Crippen LogP contribution in [0.3, 0.4) is 0 Å². The fourth-order valence-corrected chi connectivity index (χ4v) is 6.05. The third kappa shape index (κ3) is 4.35. The van der Waals surface area contributed by atoms with E-state index in [1.54, 1.807) is 0 Å². The van der Waals surface area contributed by atoms with E-state index in [9.17, 15) is 4.79 Å². The van der Waals surface area contributed by atoms with Gasteiger partial charge in [-0.25, -0.2) is 4.79 Å². The number of hydrogen-bond donors (Lipinski definition) is 1. The summed E-state index contributed by atoms with van der Waals surface area (Å²) in [6, 6.07) is 12.9. The normalized spacial score (nSPS) is 27.2. The lowest BCUT2D eigenvalue weighted by molar-refractivity contribution is -0.0348. The number of rotatable bonds is 5. The molecular weight excluding hydrogens is 412 g/mol. The molecule has 1 aliphatic carbocycles. The van der Waals surface area contributed by atoms with E-state index < -0.39 is 0 Å². The van der Waals surface area contributed by atoms with Crippen molar-refractivity contribution in [1.82, 2.24) is 10.2 Å². The van der Waals surface area contributed by atoms with Gasteiger partial charge in [0.25, 0.3) is 0 Å². The van der Waals surface area contributed by atoms with Gasteiger partial charge >= 0.3 is 6.09 Å². The molecule has 0 radical (unpaired) electrons. The van der Waals surface area contributed by atoms with E-state index in [2.05, 4.69) is 61.3 Å². The molecule has 0 aromatic heterocycles. The number of ether oxygens (including phenoxy) is 2. The minimum absolute atomic E-state index is 0.0292. The molecule has 3 saturated heterocycles. The first-order valence-corrected chi connectivity index (χ1v) is 12.4. The van der Waals surface area contributed by atoms with Crippen molar-refractivity contribution in [1.29, 1.82) is 0 Å². The predicted molar refractivity (Wildman–Crippen MR) is 131 cm³/mol. The Kier molecular flexibility index (Phi) is 5.86. The number of aryl methyl sites for hydroxylation is 1. The van der Waals surface area contributed by atoms with Gasteiger partial charge in [0.1, 0.15) is 11.9 Å². The van der Waals surface area contributed by atoms with Crippen LogP contribution in [0.1, 0.15) is 56.3 Å². The topological polar surface area (TPSA) is 50.8 Å². The van der Waals surface area contributed by atoms with Gasteiger partial charge < -0.3 is 14.8 Å². The van der Waals surface area contributed by atoms with Gasteiger partial charge in [-0.3, -0.25) is 4.90 Å². The standard InChI is InChI=1S/C28H36N2O3/c1-5-32-22-7-9-23(18(2)14-22)20-6-8-24-21(15-20)16-28(3,4)26(24)29-27(31)33-25-17-30-12-10-19(25)11-13-30/h6-9,14-15,19,25-26H,5,10-13,16-17H2,1-4H3,(H,29,31)/t25-,26?/m0/s1. The molecule has 2 aromatic rings. The molecular formula is C28H36N2O3.